The van der Waals surface area contributed by atoms with E-state index in [0.29, 0.717) is 24.0 Å². The maximum atomic E-state index is 12.5. The van der Waals surface area contributed by atoms with E-state index < -0.39 is 10.0 Å². The van der Waals surface area contributed by atoms with E-state index in [-0.39, 0.29) is 4.90 Å². The average Bonchev–Trinajstić information content (AvgIpc) is 2.29. The Morgan fingerprint density at radius 2 is 1.89 bits per heavy atom. The second-order valence-electron chi connectivity index (χ2n) is 5.02. The topological polar surface area (TPSA) is 37.4 Å². The minimum Gasteiger partial charge on any atom is -0.207 e. The maximum absolute atomic E-state index is 12.5. The van der Waals surface area contributed by atoms with Gasteiger partial charge in [0.15, 0.2) is 0 Å². The second-order valence-corrected chi connectivity index (χ2v) is 7.33. The van der Waals surface area contributed by atoms with Gasteiger partial charge in [-0.2, -0.15) is 4.31 Å². The van der Waals surface area contributed by atoms with E-state index in [0.717, 1.165) is 18.4 Å². The normalized spacial score (nSPS) is 19.1. The van der Waals surface area contributed by atoms with Gasteiger partial charge in [0.05, 0.1) is 5.02 Å². The lowest BCUT2D eigenvalue weighted by atomic mass is 10.0. The van der Waals surface area contributed by atoms with E-state index in [1.807, 2.05) is 6.92 Å². The molecule has 0 aliphatic carbocycles. The van der Waals surface area contributed by atoms with Gasteiger partial charge in [0, 0.05) is 13.1 Å². The van der Waals surface area contributed by atoms with Crippen molar-refractivity contribution in [3.63, 3.8) is 0 Å². The fourth-order valence-corrected chi connectivity index (χ4v) is 4.22. The van der Waals surface area contributed by atoms with E-state index in [1.165, 1.54) is 0 Å². The lowest BCUT2D eigenvalue weighted by Gasteiger charge is -2.29. The summed E-state index contributed by atoms with van der Waals surface area (Å²) in [7, 11) is -3.43. The van der Waals surface area contributed by atoms with Crippen LogP contribution in [0.4, 0.5) is 0 Å². The number of nitrogens with zero attached hydrogens (tertiary/aromatic N) is 1. The Hall–Kier alpha value is -0.580. The van der Waals surface area contributed by atoms with Crippen LogP contribution in [-0.4, -0.2) is 25.8 Å². The van der Waals surface area contributed by atoms with Gasteiger partial charge in [-0.1, -0.05) is 24.6 Å². The van der Waals surface area contributed by atoms with Crippen molar-refractivity contribution in [2.24, 2.45) is 5.92 Å². The van der Waals surface area contributed by atoms with Gasteiger partial charge in [-0.15, -0.1) is 0 Å². The van der Waals surface area contributed by atoms with Crippen LogP contribution < -0.4 is 0 Å². The second kappa shape index (κ2) is 5.19. The molecule has 1 aromatic carbocycles. The third kappa shape index (κ3) is 2.71. The molecule has 0 N–H and O–H groups in total. The number of hydrogen-bond acceptors (Lipinski definition) is 2. The Bertz CT molecular complexity index is 534. The minimum absolute atomic E-state index is 0.226. The molecule has 0 spiro atoms. The lowest BCUT2D eigenvalue weighted by Crippen LogP contribution is -2.38. The summed E-state index contributed by atoms with van der Waals surface area (Å²) in [5, 5.41) is 0.314. The Morgan fingerprint density at radius 3 is 2.44 bits per heavy atom. The third-order valence-corrected chi connectivity index (χ3v) is 5.83. The van der Waals surface area contributed by atoms with E-state index in [4.69, 9.17) is 11.6 Å². The maximum Gasteiger partial charge on any atom is 0.244 e. The molecule has 0 bridgehead atoms. The van der Waals surface area contributed by atoms with Crippen LogP contribution in [0.2, 0.25) is 5.02 Å². The molecule has 3 nitrogen and oxygen atoms in total. The Balaban J connectivity index is 2.30. The number of sulfonamides is 1. The van der Waals surface area contributed by atoms with Crippen LogP contribution in [0, 0.1) is 12.8 Å². The highest BCUT2D eigenvalue weighted by Crippen LogP contribution is 2.28. The number of rotatable bonds is 2. The molecule has 0 saturated carbocycles. The van der Waals surface area contributed by atoms with Gasteiger partial charge in [0.1, 0.15) is 4.90 Å². The molecule has 5 heteroatoms. The number of piperidine rings is 1. The number of halogens is 1. The molecule has 1 heterocycles. The van der Waals surface area contributed by atoms with Gasteiger partial charge in [-0.25, -0.2) is 8.42 Å². The van der Waals surface area contributed by atoms with Crippen LogP contribution in [0.25, 0.3) is 0 Å². The van der Waals surface area contributed by atoms with Crippen LogP contribution in [0.1, 0.15) is 25.3 Å². The molecule has 0 unspecified atom stereocenters. The SMILES string of the molecule is Cc1ccc(S(=O)(=O)N2CCC(C)CC2)c(Cl)c1. The molecule has 0 amide bonds. The van der Waals surface area contributed by atoms with E-state index in [9.17, 15) is 8.42 Å². The molecule has 18 heavy (non-hydrogen) atoms. The van der Waals surface area contributed by atoms with Crippen molar-refractivity contribution in [2.75, 3.05) is 13.1 Å². The third-order valence-electron chi connectivity index (χ3n) is 3.45. The first kappa shape index (κ1) is 13.8. The van der Waals surface area contributed by atoms with Gasteiger partial charge in [0.2, 0.25) is 10.0 Å². The van der Waals surface area contributed by atoms with Crippen molar-refractivity contribution in [3.05, 3.63) is 28.8 Å². The van der Waals surface area contributed by atoms with Gasteiger partial charge >= 0.3 is 0 Å². The Morgan fingerprint density at radius 1 is 1.28 bits per heavy atom. The number of hydrogen-bond donors (Lipinski definition) is 0. The molecule has 1 aromatic rings. The zero-order valence-electron chi connectivity index (χ0n) is 10.7. The van der Waals surface area contributed by atoms with Crippen LogP contribution in [0.15, 0.2) is 23.1 Å². The molecule has 0 radical (unpaired) electrons. The first-order valence-corrected chi connectivity index (χ1v) is 7.99. The molecule has 2 rings (SSSR count). The highest BCUT2D eigenvalue weighted by atomic mass is 35.5. The number of benzene rings is 1. The van der Waals surface area contributed by atoms with Crippen molar-refractivity contribution in [1.29, 1.82) is 0 Å². The molecule has 100 valence electrons. The summed E-state index contributed by atoms with van der Waals surface area (Å²) in [4.78, 5) is 0.226. The van der Waals surface area contributed by atoms with Crippen molar-refractivity contribution >= 4 is 21.6 Å². The Labute approximate surface area is 114 Å². The smallest absolute Gasteiger partial charge is 0.207 e. The molecule has 1 fully saturated rings. The summed E-state index contributed by atoms with van der Waals surface area (Å²) in [5.74, 6) is 0.602. The highest BCUT2D eigenvalue weighted by Gasteiger charge is 2.29. The zero-order valence-corrected chi connectivity index (χ0v) is 12.3. The summed E-state index contributed by atoms with van der Waals surface area (Å²) in [6, 6.07) is 5.08. The zero-order chi connectivity index (χ0) is 13.3. The molecular formula is C13H18ClNO2S. The molecule has 1 aliphatic rings. The molecule has 0 aromatic heterocycles. The number of aryl methyl sites for hydroxylation is 1. The van der Waals surface area contributed by atoms with Gasteiger partial charge < -0.3 is 0 Å². The largest absolute Gasteiger partial charge is 0.244 e. The first-order chi connectivity index (χ1) is 8.41. The van der Waals surface area contributed by atoms with Crippen LogP contribution in [-0.2, 0) is 10.0 Å². The van der Waals surface area contributed by atoms with Crippen LogP contribution in [0.3, 0.4) is 0 Å². The fraction of sp³-hybridized carbons (Fsp3) is 0.538. The highest BCUT2D eigenvalue weighted by molar-refractivity contribution is 7.89. The predicted octanol–water partition coefficient (Wildman–Crippen LogP) is 3.07. The molecule has 1 saturated heterocycles. The average molecular weight is 288 g/mol. The van der Waals surface area contributed by atoms with Crippen LogP contribution >= 0.6 is 11.6 Å². The molecular weight excluding hydrogens is 270 g/mol. The quantitative estimate of drug-likeness (QED) is 0.838. The predicted molar refractivity (Wildman–Crippen MR) is 73.3 cm³/mol. The van der Waals surface area contributed by atoms with Gasteiger partial charge in [-0.3, -0.25) is 0 Å². The van der Waals surface area contributed by atoms with Gasteiger partial charge in [0.25, 0.3) is 0 Å². The summed E-state index contributed by atoms with van der Waals surface area (Å²) in [5.41, 5.74) is 0.964. The Kier molecular flexibility index (Phi) is 3.99. The van der Waals surface area contributed by atoms with Crippen molar-refractivity contribution < 1.29 is 8.42 Å². The summed E-state index contributed by atoms with van der Waals surface area (Å²) < 4.78 is 26.5. The summed E-state index contributed by atoms with van der Waals surface area (Å²) in [6.07, 6.45) is 1.84. The van der Waals surface area contributed by atoms with Crippen LogP contribution in [0.5, 0.6) is 0 Å². The van der Waals surface area contributed by atoms with Crippen molar-refractivity contribution in [2.45, 2.75) is 31.6 Å². The van der Waals surface area contributed by atoms with E-state index in [1.54, 1.807) is 22.5 Å². The lowest BCUT2D eigenvalue weighted by molar-refractivity contribution is 0.288. The summed E-state index contributed by atoms with van der Waals surface area (Å²) in [6.45, 7) is 5.23. The molecule has 0 atom stereocenters. The van der Waals surface area contributed by atoms with Crippen molar-refractivity contribution in [3.8, 4) is 0 Å². The van der Waals surface area contributed by atoms with Crippen molar-refractivity contribution in [1.82, 2.24) is 4.31 Å². The van der Waals surface area contributed by atoms with E-state index in [2.05, 4.69) is 6.92 Å². The standard InChI is InChI=1S/C13H18ClNO2S/c1-10-5-7-15(8-6-10)18(16,17)13-4-3-11(2)9-12(13)14/h3-4,9-10H,5-8H2,1-2H3. The minimum atomic E-state index is -3.43. The van der Waals surface area contributed by atoms with Gasteiger partial charge in [-0.05, 0) is 43.4 Å². The summed E-state index contributed by atoms with van der Waals surface area (Å²) >= 11 is 6.06. The monoisotopic (exact) mass is 287 g/mol. The van der Waals surface area contributed by atoms with E-state index >= 15 is 0 Å². The first-order valence-electron chi connectivity index (χ1n) is 6.17. The fourth-order valence-electron chi connectivity index (χ4n) is 2.18. The molecule has 1 aliphatic heterocycles.